The number of thiophene rings is 1. The number of aliphatic carboxylic acids is 1. The Morgan fingerprint density at radius 1 is 1.39 bits per heavy atom. The lowest BCUT2D eigenvalue weighted by Gasteiger charge is -2.10. The van der Waals surface area contributed by atoms with Gasteiger partial charge in [0, 0.05) is 5.38 Å². The second-order valence-electron chi connectivity index (χ2n) is 3.94. The molecule has 2 rings (SSSR count). The molecular weight excluding hydrogens is 270 g/mol. The molecule has 1 aromatic heterocycles. The minimum atomic E-state index is -0.841. The van der Waals surface area contributed by atoms with Crippen LogP contribution in [0.3, 0.4) is 0 Å². The van der Waals surface area contributed by atoms with Crippen LogP contribution in [0.15, 0.2) is 29.0 Å². The Bertz CT molecular complexity index is 580. The molecule has 18 heavy (non-hydrogen) atoms. The highest BCUT2D eigenvalue weighted by molar-refractivity contribution is 7.08. The van der Waals surface area contributed by atoms with Crippen molar-refractivity contribution < 1.29 is 9.90 Å². The predicted molar refractivity (Wildman–Crippen MR) is 75.1 cm³/mol. The molecule has 2 aromatic rings. The van der Waals surface area contributed by atoms with Crippen LogP contribution in [-0.4, -0.2) is 11.1 Å². The summed E-state index contributed by atoms with van der Waals surface area (Å²) in [6.07, 6.45) is 0.00919. The summed E-state index contributed by atoms with van der Waals surface area (Å²) in [5, 5.41) is 16.4. The highest BCUT2D eigenvalue weighted by atomic mass is 35.5. The molecule has 3 nitrogen and oxygen atoms in total. The highest BCUT2D eigenvalue weighted by Gasteiger charge is 2.10. The maximum absolute atomic E-state index is 10.7. The fourth-order valence-corrected chi connectivity index (χ4v) is 2.58. The Morgan fingerprint density at radius 2 is 2.17 bits per heavy atom. The molecule has 94 valence electrons. The number of carboxylic acids is 1. The molecule has 0 saturated heterocycles. The quantitative estimate of drug-likeness (QED) is 0.888. The molecule has 0 aliphatic rings. The molecule has 0 unspecified atom stereocenters. The Labute approximate surface area is 114 Å². The van der Waals surface area contributed by atoms with Gasteiger partial charge in [-0.15, -0.1) is 11.3 Å². The van der Waals surface area contributed by atoms with Crippen molar-refractivity contribution in [3.05, 3.63) is 45.1 Å². The van der Waals surface area contributed by atoms with Crippen LogP contribution in [0.4, 0.5) is 11.4 Å². The smallest absolute Gasteiger partial charge is 0.307 e. The van der Waals surface area contributed by atoms with E-state index in [1.54, 1.807) is 0 Å². The molecule has 0 aliphatic carbocycles. The summed E-state index contributed by atoms with van der Waals surface area (Å²) in [7, 11) is 0. The van der Waals surface area contributed by atoms with E-state index in [-0.39, 0.29) is 6.42 Å². The van der Waals surface area contributed by atoms with E-state index in [1.807, 2.05) is 35.9 Å². The van der Waals surface area contributed by atoms with Crippen molar-refractivity contribution >= 4 is 40.3 Å². The standard InChI is InChI=1S/C13H12ClNO2S/c1-8-3-2-4-10(13(8)14)15-11-7-18-6-9(11)5-12(16)17/h2-4,6-7,15H,5H2,1H3,(H,16,17). The zero-order valence-electron chi connectivity index (χ0n) is 9.74. The molecule has 0 saturated carbocycles. The molecule has 0 amide bonds. The van der Waals surface area contributed by atoms with Crippen LogP contribution in [0.2, 0.25) is 5.02 Å². The number of nitrogens with one attached hydrogen (secondary N) is 1. The first kappa shape index (κ1) is 12.9. The summed E-state index contributed by atoms with van der Waals surface area (Å²) in [6.45, 7) is 1.93. The van der Waals surface area contributed by atoms with E-state index in [4.69, 9.17) is 16.7 Å². The maximum atomic E-state index is 10.7. The van der Waals surface area contributed by atoms with Crippen molar-refractivity contribution in [1.82, 2.24) is 0 Å². The van der Waals surface area contributed by atoms with Gasteiger partial charge in [-0.25, -0.2) is 0 Å². The third-order valence-electron chi connectivity index (χ3n) is 2.54. The first-order chi connectivity index (χ1) is 8.58. The molecule has 0 spiro atoms. The molecule has 0 atom stereocenters. The fraction of sp³-hybridized carbons (Fsp3) is 0.154. The minimum absolute atomic E-state index is 0.00919. The summed E-state index contributed by atoms with van der Waals surface area (Å²) in [5.74, 6) is -0.841. The number of rotatable bonds is 4. The van der Waals surface area contributed by atoms with Crippen LogP contribution in [0, 0.1) is 6.92 Å². The average molecular weight is 282 g/mol. The Kier molecular flexibility index (Phi) is 3.89. The van der Waals surface area contributed by atoms with Gasteiger partial charge in [-0.1, -0.05) is 23.7 Å². The van der Waals surface area contributed by atoms with Crippen molar-refractivity contribution in [2.45, 2.75) is 13.3 Å². The average Bonchev–Trinajstić information content (AvgIpc) is 2.72. The fourth-order valence-electron chi connectivity index (χ4n) is 1.62. The second kappa shape index (κ2) is 5.42. The zero-order valence-corrected chi connectivity index (χ0v) is 11.3. The Balaban J connectivity index is 2.26. The summed E-state index contributed by atoms with van der Waals surface area (Å²) in [5.41, 5.74) is 3.35. The first-order valence-corrected chi connectivity index (χ1v) is 6.69. The molecule has 1 heterocycles. The molecule has 5 heteroatoms. The van der Waals surface area contributed by atoms with Crippen molar-refractivity contribution in [2.24, 2.45) is 0 Å². The van der Waals surface area contributed by atoms with Crippen LogP contribution >= 0.6 is 22.9 Å². The number of aryl methyl sites for hydroxylation is 1. The Morgan fingerprint density at radius 3 is 2.89 bits per heavy atom. The summed E-state index contributed by atoms with van der Waals surface area (Å²) in [4.78, 5) is 10.7. The van der Waals surface area contributed by atoms with Gasteiger partial charge in [0.15, 0.2) is 0 Å². The normalized spacial score (nSPS) is 10.3. The number of carbonyl (C=O) groups is 1. The maximum Gasteiger partial charge on any atom is 0.307 e. The topological polar surface area (TPSA) is 49.3 Å². The van der Waals surface area contributed by atoms with Gasteiger partial charge in [0.05, 0.1) is 22.8 Å². The van der Waals surface area contributed by atoms with E-state index in [0.717, 1.165) is 22.5 Å². The summed E-state index contributed by atoms with van der Waals surface area (Å²) >= 11 is 7.66. The van der Waals surface area contributed by atoms with Gasteiger partial charge in [-0.3, -0.25) is 4.79 Å². The van der Waals surface area contributed by atoms with Crippen molar-refractivity contribution in [2.75, 3.05) is 5.32 Å². The number of halogens is 1. The molecular formula is C13H12ClNO2S. The van der Waals surface area contributed by atoms with Crippen LogP contribution in [0.1, 0.15) is 11.1 Å². The highest BCUT2D eigenvalue weighted by Crippen LogP contribution is 2.31. The van der Waals surface area contributed by atoms with Crippen LogP contribution in [0.25, 0.3) is 0 Å². The first-order valence-electron chi connectivity index (χ1n) is 5.37. The van der Waals surface area contributed by atoms with Crippen LogP contribution in [0.5, 0.6) is 0 Å². The number of hydrogen-bond acceptors (Lipinski definition) is 3. The monoisotopic (exact) mass is 281 g/mol. The van der Waals surface area contributed by atoms with Crippen LogP contribution < -0.4 is 5.32 Å². The van der Waals surface area contributed by atoms with Gasteiger partial charge in [0.2, 0.25) is 0 Å². The number of benzene rings is 1. The second-order valence-corrected chi connectivity index (χ2v) is 5.06. The summed E-state index contributed by atoms with van der Waals surface area (Å²) in [6, 6.07) is 5.71. The third-order valence-corrected chi connectivity index (χ3v) is 3.84. The van der Waals surface area contributed by atoms with E-state index < -0.39 is 5.97 Å². The third kappa shape index (κ3) is 2.83. The largest absolute Gasteiger partial charge is 0.481 e. The van der Waals surface area contributed by atoms with E-state index in [1.165, 1.54) is 11.3 Å². The van der Waals surface area contributed by atoms with Gasteiger partial charge in [-0.2, -0.15) is 0 Å². The lowest BCUT2D eigenvalue weighted by Crippen LogP contribution is -2.02. The SMILES string of the molecule is Cc1cccc(Nc2cscc2CC(=O)O)c1Cl. The molecule has 0 fully saturated rings. The number of anilines is 2. The van der Waals surface area contributed by atoms with E-state index in [0.29, 0.717) is 5.02 Å². The number of carboxylic acid groups (broad SMARTS) is 1. The summed E-state index contributed by atoms with van der Waals surface area (Å²) < 4.78 is 0. The van der Waals surface area contributed by atoms with Gasteiger partial charge < -0.3 is 10.4 Å². The Hall–Kier alpha value is -1.52. The molecule has 2 N–H and O–H groups in total. The lowest BCUT2D eigenvalue weighted by molar-refractivity contribution is -0.136. The number of hydrogen-bond donors (Lipinski definition) is 2. The van der Waals surface area contributed by atoms with Gasteiger partial charge in [0.1, 0.15) is 0 Å². The van der Waals surface area contributed by atoms with Gasteiger partial charge in [-0.05, 0) is 29.5 Å². The predicted octanol–water partition coefficient (Wildman–Crippen LogP) is 4.08. The molecule has 0 radical (unpaired) electrons. The van der Waals surface area contributed by atoms with Crippen molar-refractivity contribution in [1.29, 1.82) is 0 Å². The van der Waals surface area contributed by atoms with E-state index in [2.05, 4.69) is 5.32 Å². The van der Waals surface area contributed by atoms with E-state index >= 15 is 0 Å². The van der Waals surface area contributed by atoms with Crippen molar-refractivity contribution in [3.63, 3.8) is 0 Å². The minimum Gasteiger partial charge on any atom is -0.481 e. The van der Waals surface area contributed by atoms with Crippen molar-refractivity contribution in [3.8, 4) is 0 Å². The van der Waals surface area contributed by atoms with E-state index in [9.17, 15) is 4.79 Å². The van der Waals surface area contributed by atoms with Gasteiger partial charge in [0.25, 0.3) is 0 Å². The molecule has 1 aromatic carbocycles. The van der Waals surface area contributed by atoms with Gasteiger partial charge >= 0.3 is 5.97 Å². The molecule has 0 bridgehead atoms. The molecule has 0 aliphatic heterocycles. The zero-order chi connectivity index (χ0) is 13.1. The lowest BCUT2D eigenvalue weighted by atomic mass is 10.2. The van der Waals surface area contributed by atoms with Crippen LogP contribution in [-0.2, 0) is 11.2 Å².